The van der Waals surface area contributed by atoms with Gasteiger partial charge >= 0.3 is 21.1 Å². The molecule has 7 aromatic carbocycles. The molecule has 0 N–H and O–H groups in total. The fourth-order valence-corrected chi connectivity index (χ4v) is 11.9. The van der Waals surface area contributed by atoms with E-state index < -0.39 is 0 Å². The number of para-hydroxylation sites is 1. The molecule has 0 saturated heterocycles. The molecule has 0 radical (unpaired) electrons. The maximum Gasteiger partial charge on any atom is 2.00 e. The molecular formula is C60H48N4OPtS. The molecule has 5 heterocycles. The quantitative estimate of drug-likeness (QED) is 0.127. The summed E-state index contributed by atoms with van der Waals surface area (Å²) in [6.45, 7) is 20.0. The van der Waals surface area contributed by atoms with E-state index in [-0.39, 0.29) is 26.5 Å². The van der Waals surface area contributed by atoms with Gasteiger partial charge in [-0.1, -0.05) is 121 Å². The number of aromatic nitrogens is 4. The summed E-state index contributed by atoms with van der Waals surface area (Å²) in [6, 6.07) is 51.3. The summed E-state index contributed by atoms with van der Waals surface area (Å²) in [4.78, 5) is 10.7. The van der Waals surface area contributed by atoms with Crippen molar-refractivity contribution >= 4 is 80.6 Å². The number of fused-ring (bicyclic) bond motifs is 13. The summed E-state index contributed by atoms with van der Waals surface area (Å²) < 4.78 is 14.1. The van der Waals surface area contributed by atoms with Gasteiger partial charge in [0.25, 0.3) is 0 Å². The predicted molar refractivity (Wildman–Crippen MR) is 277 cm³/mol. The molecule has 0 unspecified atom stereocenters. The first kappa shape index (κ1) is 43.0. The Hall–Kier alpha value is -6.59. The Kier molecular flexibility index (Phi) is 10.1. The van der Waals surface area contributed by atoms with Crippen LogP contribution in [0.5, 0.6) is 11.5 Å². The molecule has 0 saturated carbocycles. The average Bonchev–Trinajstić information content (AvgIpc) is 3.95. The molecule has 0 aliphatic rings. The van der Waals surface area contributed by atoms with E-state index in [0.717, 1.165) is 71.9 Å². The van der Waals surface area contributed by atoms with Crippen LogP contribution in [0, 0.1) is 53.7 Å². The van der Waals surface area contributed by atoms with Gasteiger partial charge in [-0.05, 0) is 116 Å². The minimum Gasteiger partial charge on any atom is -0.503 e. The van der Waals surface area contributed by atoms with Crippen LogP contribution in [0.15, 0.2) is 128 Å². The molecule has 12 aromatic rings. The Balaban J connectivity index is 0.00000494. The second-order valence-electron chi connectivity index (χ2n) is 19.3. The summed E-state index contributed by atoms with van der Waals surface area (Å²) in [7, 11) is 0. The van der Waals surface area contributed by atoms with Gasteiger partial charge < -0.3 is 13.7 Å². The minimum atomic E-state index is -0.0620. The summed E-state index contributed by atoms with van der Waals surface area (Å²) >= 11 is 1.83. The molecule has 330 valence electrons. The van der Waals surface area contributed by atoms with Gasteiger partial charge in [-0.25, -0.2) is 4.98 Å². The van der Waals surface area contributed by atoms with Gasteiger partial charge in [-0.15, -0.1) is 41.0 Å². The van der Waals surface area contributed by atoms with Crippen LogP contribution in [0.1, 0.15) is 59.7 Å². The second-order valence-corrected chi connectivity index (χ2v) is 20.3. The van der Waals surface area contributed by atoms with E-state index in [4.69, 9.17) is 14.7 Å². The summed E-state index contributed by atoms with van der Waals surface area (Å²) in [5.41, 5.74) is 16.9. The maximum atomic E-state index is 6.89. The zero-order valence-electron chi connectivity index (χ0n) is 39.0. The van der Waals surface area contributed by atoms with Crippen molar-refractivity contribution in [3.8, 4) is 39.8 Å². The molecule has 0 aliphatic heterocycles. The number of pyridine rings is 2. The van der Waals surface area contributed by atoms with Crippen molar-refractivity contribution in [2.75, 3.05) is 0 Å². The number of aryl methyl sites for hydroxylation is 6. The van der Waals surface area contributed by atoms with E-state index in [1.807, 2.05) is 29.7 Å². The van der Waals surface area contributed by atoms with Crippen molar-refractivity contribution in [3.05, 3.63) is 179 Å². The standard InChI is InChI=1S/C60H48N4OS.Pt/c1-33-26-35(3)53(36(4)27-33)56-58(54-37(5)28-34(2)29-38(54)6)64-48-16-12-10-14-43(48)42-20-18-40(31-47(42)59(64)62-56)65-41-19-21-44-45-22-23-51-55(46-15-11-13-17-50(46)66-51)57(45)63(49(44)32-41)52-30-39(24-25-61-52)60(7,8)9;/h10-30H,1-9H3;/q-2;+2. The zero-order valence-corrected chi connectivity index (χ0v) is 42.1. The number of benzene rings is 7. The smallest absolute Gasteiger partial charge is 0.503 e. The molecule has 7 heteroatoms. The van der Waals surface area contributed by atoms with Crippen molar-refractivity contribution < 1.29 is 25.8 Å². The van der Waals surface area contributed by atoms with Crippen molar-refractivity contribution in [2.24, 2.45) is 0 Å². The number of thiophene rings is 1. The first-order valence-corrected chi connectivity index (χ1v) is 23.5. The number of nitrogens with zero attached hydrogens (tertiary/aromatic N) is 4. The molecule has 0 aliphatic carbocycles. The van der Waals surface area contributed by atoms with Gasteiger partial charge in [0, 0.05) is 54.5 Å². The largest absolute Gasteiger partial charge is 2.00 e. The van der Waals surface area contributed by atoms with Crippen LogP contribution in [0.4, 0.5) is 0 Å². The van der Waals surface area contributed by atoms with E-state index >= 15 is 0 Å². The van der Waals surface area contributed by atoms with Crippen LogP contribution in [0.2, 0.25) is 0 Å². The molecule has 0 bridgehead atoms. The normalized spacial score (nSPS) is 12.1. The van der Waals surface area contributed by atoms with Crippen LogP contribution in [-0.4, -0.2) is 18.9 Å². The number of hydrogen-bond donors (Lipinski definition) is 0. The zero-order chi connectivity index (χ0) is 45.3. The average molecular weight is 1070 g/mol. The van der Waals surface area contributed by atoms with E-state index in [2.05, 4.69) is 193 Å². The Morgan fingerprint density at radius 1 is 0.597 bits per heavy atom. The predicted octanol–water partition coefficient (Wildman–Crippen LogP) is 16.4. The molecule has 67 heavy (non-hydrogen) atoms. The number of ether oxygens (including phenoxy) is 1. The minimum absolute atomic E-state index is 0. The Morgan fingerprint density at radius 2 is 1.22 bits per heavy atom. The molecule has 12 rings (SSSR count). The molecule has 5 nitrogen and oxygen atoms in total. The molecule has 0 amide bonds. The molecule has 0 spiro atoms. The van der Waals surface area contributed by atoms with E-state index in [0.29, 0.717) is 11.5 Å². The molecule has 0 fully saturated rings. The molecule has 0 atom stereocenters. The van der Waals surface area contributed by atoms with Crippen LogP contribution >= 0.6 is 11.3 Å². The third-order valence-electron chi connectivity index (χ3n) is 13.5. The number of rotatable bonds is 5. The summed E-state index contributed by atoms with van der Waals surface area (Å²) in [5, 5.41) is 7.81. The monoisotopic (exact) mass is 1070 g/mol. The third kappa shape index (κ3) is 6.74. The Labute approximate surface area is 409 Å². The first-order valence-electron chi connectivity index (χ1n) is 22.7. The van der Waals surface area contributed by atoms with Crippen molar-refractivity contribution in [2.45, 2.75) is 67.7 Å². The first-order chi connectivity index (χ1) is 31.8. The van der Waals surface area contributed by atoms with Crippen molar-refractivity contribution in [3.63, 3.8) is 0 Å². The number of hydrogen-bond acceptors (Lipinski definition) is 4. The van der Waals surface area contributed by atoms with Gasteiger partial charge in [-0.2, -0.15) is 6.07 Å². The fraction of sp³-hybridized carbons (Fsp3) is 0.167. The second kappa shape index (κ2) is 15.8. The van der Waals surface area contributed by atoms with E-state index in [1.165, 1.54) is 64.7 Å². The molecule has 5 aromatic heterocycles. The van der Waals surface area contributed by atoms with Crippen molar-refractivity contribution in [1.29, 1.82) is 0 Å². The van der Waals surface area contributed by atoms with Gasteiger partial charge in [0.1, 0.15) is 5.82 Å². The van der Waals surface area contributed by atoms with E-state index in [1.54, 1.807) is 0 Å². The topological polar surface area (TPSA) is 44.3 Å². The Bertz CT molecular complexity index is 3990. The Morgan fingerprint density at radius 3 is 1.94 bits per heavy atom. The van der Waals surface area contributed by atoms with Gasteiger partial charge in [-0.3, -0.25) is 4.98 Å². The van der Waals surface area contributed by atoms with E-state index in [9.17, 15) is 0 Å². The SMILES string of the molecule is Cc1cc(C)c(-c2nc3c4[c-]c(Oc5[c-]c6c(cc5)c5ccc7sc8ccccc8c7c5n6-c5cc(C(C)(C)C)ccn5)ccc4c4ccccc4n3c2-c2c(C)cc(C)cc2C)c(C)c1.[Pt+2]. The molecular weight excluding hydrogens is 1020 g/mol. The summed E-state index contributed by atoms with van der Waals surface area (Å²) in [5.74, 6) is 2.04. The maximum absolute atomic E-state index is 6.89. The van der Waals surface area contributed by atoms with Crippen LogP contribution in [0.25, 0.3) is 97.6 Å². The number of imidazole rings is 1. The van der Waals surface area contributed by atoms with Crippen molar-refractivity contribution in [1.82, 2.24) is 18.9 Å². The van der Waals surface area contributed by atoms with Gasteiger partial charge in [0.15, 0.2) is 0 Å². The van der Waals surface area contributed by atoms with Crippen LogP contribution in [0.3, 0.4) is 0 Å². The summed E-state index contributed by atoms with van der Waals surface area (Å²) in [6.07, 6.45) is 1.93. The van der Waals surface area contributed by atoms with Crippen LogP contribution in [-0.2, 0) is 26.5 Å². The van der Waals surface area contributed by atoms with Gasteiger partial charge in [0.05, 0.1) is 22.6 Å². The van der Waals surface area contributed by atoms with Crippen LogP contribution < -0.4 is 4.74 Å². The van der Waals surface area contributed by atoms with Gasteiger partial charge in [0.2, 0.25) is 0 Å². The fourth-order valence-electron chi connectivity index (χ4n) is 10.8. The third-order valence-corrected chi connectivity index (χ3v) is 14.6.